The minimum absolute atomic E-state index is 0.283. The zero-order chi connectivity index (χ0) is 22.0. The third kappa shape index (κ3) is 4.56. The second-order valence-electron chi connectivity index (χ2n) is 9.35. The van der Waals surface area contributed by atoms with Crippen molar-refractivity contribution in [3.8, 4) is 0 Å². The first kappa shape index (κ1) is 22.1. The number of anilines is 1. The van der Waals surface area contributed by atoms with Crippen LogP contribution in [0.5, 0.6) is 0 Å². The van der Waals surface area contributed by atoms with Gasteiger partial charge in [-0.3, -0.25) is 0 Å². The minimum atomic E-state index is -0.359. The van der Waals surface area contributed by atoms with Gasteiger partial charge in [-0.15, -0.1) is 0 Å². The molecular formula is C24H36N4O3. The lowest BCUT2D eigenvalue weighted by Gasteiger charge is -2.34. The lowest BCUT2D eigenvalue weighted by molar-refractivity contribution is 0.0520. The van der Waals surface area contributed by atoms with E-state index in [1.165, 1.54) is 19.3 Å². The molecule has 2 aromatic rings. The highest BCUT2D eigenvalue weighted by molar-refractivity contribution is 5.98. The van der Waals surface area contributed by atoms with Gasteiger partial charge >= 0.3 is 5.97 Å². The molecule has 1 aliphatic carbocycles. The Kier molecular flexibility index (Phi) is 6.80. The summed E-state index contributed by atoms with van der Waals surface area (Å²) in [5.41, 5.74) is 3.36. The number of aromatic nitrogens is 3. The van der Waals surface area contributed by atoms with Crippen LogP contribution in [-0.2, 0) is 16.0 Å². The zero-order valence-electron chi connectivity index (χ0n) is 19.4. The summed E-state index contributed by atoms with van der Waals surface area (Å²) in [5.74, 6) is 1.17. The van der Waals surface area contributed by atoms with Gasteiger partial charge in [0.1, 0.15) is 0 Å². The Labute approximate surface area is 185 Å². The molecule has 0 atom stereocenters. The van der Waals surface area contributed by atoms with Crippen LogP contribution in [0.2, 0.25) is 0 Å². The first-order valence-corrected chi connectivity index (χ1v) is 11.8. The molecular weight excluding hydrogens is 392 g/mol. The summed E-state index contributed by atoms with van der Waals surface area (Å²) in [7, 11) is 1.77. The Morgan fingerprint density at radius 1 is 1.19 bits per heavy atom. The van der Waals surface area contributed by atoms with Crippen molar-refractivity contribution in [3.05, 3.63) is 17.5 Å². The van der Waals surface area contributed by atoms with Crippen molar-refractivity contribution in [2.24, 2.45) is 11.8 Å². The molecule has 0 amide bonds. The van der Waals surface area contributed by atoms with Crippen LogP contribution in [-0.4, -0.2) is 54.1 Å². The van der Waals surface area contributed by atoms with Crippen molar-refractivity contribution in [1.82, 2.24) is 14.8 Å². The topological polar surface area (TPSA) is 69.5 Å². The van der Waals surface area contributed by atoms with Gasteiger partial charge in [0.15, 0.2) is 11.3 Å². The zero-order valence-corrected chi connectivity index (χ0v) is 19.4. The molecule has 4 rings (SSSR count). The minimum Gasteiger partial charge on any atom is -0.461 e. The van der Waals surface area contributed by atoms with E-state index in [1.807, 2.05) is 13.0 Å². The van der Waals surface area contributed by atoms with Crippen LogP contribution in [0.25, 0.3) is 11.0 Å². The number of hydrogen-bond donors (Lipinski definition) is 0. The number of carbonyl (C=O) groups is 1. The first-order chi connectivity index (χ1) is 15.0. The van der Waals surface area contributed by atoms with Gasteiger partial charge in [-0.05, 0) is 56.4 Å². The molecule has 170 valence electrons. The molecule has 7 nitrogen and oxygen atoms in total. The fourth-order valence-electron chi connectivity index (χ4n) is 4.77. The number of fused-ring (bicyclic) bond motifs is 1. The molecule has 3 heterocycles. The van der Waals surface area contributed by atoms with Crippen molar-refractivity contribution in [2.75, 3.05) is 38.3 Å². The maximum absolute atomic E-state index is 12.7. The van der Waals surface area contributed by atoms with Gasteiger partial charge < -0.3 is 14.4 Å². The van der Waals surface area contributed by atoms with Crippen LogP contribution in [0.15, 0.2) is 6.07 Å². The molecule has 7 heteroatoms. The van der Waals surface area contributed by atoms with Gasteiger partial charge in [0.25, 0.3) is 0 Å². The summed E-state index contributed by atoms with van der Waals surface area (Å²) < 4.78 is 12.7. The van der Waals surface area contributed by atoms with Gasteiger partial charge in [0, 0.05) is 33.4 Å². The molecule has 0 unspecified atom stereocenters. The van der Waals surface area contributed by atoms with Crippen molar-refractivity contribution >= 4 is 22.7 Å². The summed E-state index contributed by atoms with van der Waals surface area (Å²) in [5, 5.41) is 6.12. The van der Waals surface area contributed by atoms with Crippen molar-refractivity contribution in [3.63, 3.8) is 0 Å². The summed E-state index contributed by atoms with van der Waals surface area (Å²) in [6.45, 7) is 10.1. The monoisotopic (exact) mass is 428 g/mol. The van der Waals surface area contributed by atoms with Gasteiger partial charge in [0.2, 0.25) is 0 Å². The molecule has 1 aliphatic heterocycles. The molecule has 0 radical (unpaired) electrons. The summed E-state index contributed by atoms with van der Waals surface area (Å²) >= 11 is 0. The first-order valence-electron chi connectivity index (χ1n) is 11.8. The van der Waals surface area contributed by atoms with E-state index in [0.717, 1.165) is 61.5 Å². The second kappa shape index (κ2) is 9.55. The highest BCUT2D eigenvalue weighted by Crippen LogP contribution is 2.37. The molecule has 0 bridgehead atoms. The fourth-order valence-corrected chi connectivity index (χ4v) is 4.77. The molecule has 31 heavy (non-hydrogen) atoms. The van der Waals surface area contributed by atoms with Crippen LogP contribution < -0.4 is 4.90 Å². The quantitative estimate of drug-likeness (QED) is 0.581. The van der Waals surface area contributed by atoms with E-state index >= 15 is 0 Å². The third-order valence-corrected chi connectivity index (χ3v) is 6.75. The Bertz CT molecular complexity index is 911. The van der Waals surface area contributed by atoms with Gasteiger partial charge in [0.05, 0.1) is 23.4 Å². The van der Waals surface area contributed by atoms with Gasteiger partial charge in [-0.1, -0.05) is 20.3 Å². The van der Waals surface area contributed by atoms with Crippen molar-refractivity contribution in [1.29, 1.82) is 0 Å². The maximum Gasteiger partial charge on any atom is 0.357 e. The Morgan fingerprint density at radius 2 is 1.94 bits per heavy atom. The lowest BCUT2D eigenvalue weighted by Crippen LogP contribution is -2.35. The van der Waals surface area contributed by atoms with E-state index in [-0.39, 0.29) is 11.9 Å². The van der Waals surface area contributed by atoms with Gasteiger partial charge in [-0.25, -0.2) is 14.5 Å². The molecule has 0 spiro atoms. The highest BCUT2D eigenvalue weighted by Gasteiger charge is 2.28. The van der Waals surface area contributed by atoms with E-state index in [0.29, 0.717) is 24.1 Å². The second-order valence-corrected chi connectivity index (χ2v) is 9.35. The van der Waals surface area contributed by atoms with Crippen LogP contribution >= 0.6 is 0 Å². The number of nitrogens with zero attached hydrogens (tertiary/aromatic N) is 4. The standard InChI is InChI=1S/C24H36N4O3/c1-5-31-24(29)19-13-20(27-11-9-18(10-12-27)15-30-4)21-22(16(2)3)26-28(23(21)25-19)14-17-7-6-8-17/h13,16-18H,5-12,14-15H2,1-4H3. The number of esters is 1. The van der Waals surface area contributed by atoms with E-state index in [2.05, 4.69) is 23.4 Å². The van der Waals surface area contributed by atoms with E-state index in [9.17, 15) is 4.79 Å². The third-order valence-electron chi connectivity index (χ3n) is 6.75. The summed E-state index contributed by atoms with van der Waals surface area (Å²) in [6, 6.07) is 1.93. The number of piperidine rings is 1. The van der Waals surface area contributed by atoms with Crippen molar-refractivity contribution in [2.45, 2.75) is 65.3 Å². The van der Waals surface area contributed by atoms with Gasteiger partial charge in [-0.2, -0.15) is 5.10 Å². The Morgan fingerprint density at radius 3 is 2.52 bits per heavy atom. The van der Waals surface area contributed by atoms with Crippen molar-refractivity contribution < 1.29 is 14.3 Å². The normalized spacial score (nSPS) is 18.0. The Hall–Kier alpha value is -2.15. The number of pyridine rings is 1. The highest BCUT2D eigenvalue weighted by atomic mass is 16.5. The number of ether oxygens (including phenoxy) is 2. The van der Waals surface area contributed by atoms with Crippen LogP contribution in [0.1, 0.15) is 75.0 Å². The predicted octanol–water partition coefficient (Wildman–Crippen LogP) is 4.39. The predicted molar refractivity (Wildman–Crippen MR) is 122 cm³/mol. The number of carbonyl (C=O) groups excluding carboxylic acids is 1. The average molecular weight is 429 g/mol. The Balaban J connectivity index is 1.78. The molecule has 1 saturated carbocycles. The number of rotatable bonds is 8. The molecule has 2 fully saturated rings. The summed E-state index contributed by atoms with van der Waals surface area (Å²) in [4.78, 5) is 19.8. The fraction of sp³-hybridized carbons (Fsp3) is 0.708. The van der Waals surface area contributed by atoms with E-state index < -0.39 is 0 Å². The SMILES string of the molecule is CCOC(=O)c1cc(N2CCC(COC)CC2)c2c(C(C)C)nn(CC3CCC3)c2n1. The summed E-state index contributed by atoms with van der Waals surface area (Å²) in [6.07, 6.45) is 5.95. The molecule has 1 saturated heterocycles. The molecule has 0 aromatic carbocycles. The van der Waals surface area contributed by atoms with E-state index in [1.54, 1.807) is 7.11 Å². The maximum atomic E-state index is 12.7. The smallest absolute Gasteiger partial charge is 0.357 e. The average Bonchev–Trinajstić information content (AvgIpc) is 3.10. The molecule has 0 N–H and O–H groups in total. The molecule has 2 aromatic heterocycles. The number of hydrogen-bond acceptors (Lipinski definition) is 6. The number of methoxy groups -OCH3 is 1. The van der Waals surface area contributed by atoms with Crippen LogP contribution in [0, 0.1) is 11.8 Å². The van der Waals surface area contributed by atoms with Crippen LogP contribution in [0.3, 0.4) is 0 Å². The van der Waals surface area contributed by atoms with E-state index in [4.69, 9.17) is 19.6 Å². The largest absolute Gasteiger partial charge is 0.461 e. The molecule has 2 aliphatic rings. The van der Waals surface area contributed by atoms with Crippen LogP contribution in [0.4, 0.5) is 5.69 Å². The lowest BCUT2D eigenvalue weighted by atomic mass is 9.85.